The first-order valence-corrected chi connectivity index (χ1v) is 9.35. The molecule has 1 unspecified atom stereocenters. The number of thiophene rings is 2. The molecule has 1 aromatic carbocycles. The molecular weight excluding hydrogens is 324 g/mol. The largest absolute Gasteiger partial charge is 0.269 e. The fourth-order valence-corrected chi connectivity index (χ4v) is 5.28. The summed E-state index contributed by atoms with van der Waals surface area (Å²) in [4.78, 5) is 15.6. The first-order chi connectivity index (χ1) is 11.3. The minimum absolute atomic E-state index is 0.0439. The van der Waals surface area contributed by atoms with E-state index in [4.69, 9.17) is 0 Å². The fourth-order valence-electron chi connectivity index (χ4n) is 3.55. The van der Waals surface area contributed by atoms with Gasteiger partial charge < -0.3 is 0 Å². The van der Waals surface area contributed by atoms with Crippen LogP contribution >= 0.6 is 22.7 Å². The van der Waals surface area contributed by atoms with E-state index in [1.807, 2.05) is 23.2 Å². The Bertz CT molecular complexity index is 884. The molecule has 5 rings (SSSR count). The number of nitrogens with zero attached hydrogens (tertiary/aromatic N) is 2. The van der Waals surface area contributed by atoms with Crippen molar-refractivity contribution in [1.29, 1.82) is 0 Å². The van der Waals surface area contributed by atoms with Crippen LogP contribution in [-0.2, 0) is 13.1 Å². The maximum atomic E-state index is 13.0. The molecule has 4 heterocycles. The maximum Gasteiger partial charge on any atom is 0.269 e. The number of amides is 1. The van der Waals surface area contributed by atoms with Gasteiger partial charge in [-0.15, -0.1) is 22.7 Å². The van der Waals surface area contributed by atoms with Crippen LogP contribution in [0.3, 0.4) is 0 Å². The lowest BCUT2D eigenvalue weighted by molar-refractivity contribution is -0.0414. The minimum Gasteiger partial charge on any atom is -0.268 e. The third-order valence-electron chi connectivity index (χ3n) is 4.54. The second-order valence-electron chi connectivity index (χ2n) is 5.85. The van der Waals surface area contributed by atoms with Crippen LogP contribution in [0.5, 0.6) is 0 Å². The first kappa shape index (κ1) is 13.5. The molecule has 1 atom stereocenters. The van der Waals surface area contributed by atoms with Gasteiger partial charge in [0.2, 0.25) is 0 Å². The molecule has 1 amide bonds. The number of hydrazine groups is 1. The third kappa shape index (κ3) is 1.94. The average Bonchev–Trinajstić information content (AvgIpc) is 3.28. The summed E-state index contributed by atoms with van der Waals surface area (Å²) in [5.41, 5.74) is 3.32. The Morgan fingerprint density at radius 1 is 1.04 bits per heavy atom. The molecule has 0 bridgehead atoms. The molecule has 0 saturated heterocycles. The molecule has 5 heteroatoms. The molecule has 0 aliphatic carbocycles. The van der Waals surface area contributed by atoms with Crippen LogP contribution < -0.4 is 0 Å². The number of hydrogen-bond acceptors (Lipinski definition) is 4. The summed E-state index contributed by atoms with van der Waals surface area (Å²) in [5.74, 6) is 0.126. The van der Waals surface area contributed by atoms with Crippen molar-refractivity contribution in [2.24, 2.45) is 0 Å². The zero-order chi connectivity index (χ0) is 15.4. The third-order valence-corrected chi connectivity index (χ3v) is 6.42. The highest BCUT2D eigenvalue weighted by Crippen LogP contribution is 2.46. The van der Waals surface area contributed by atoms with Gasteiger partial charge in [-0.05, 0) is 40.1 Å². The zero-order valence-electron chi connectivity index (χ0n) is 12.3. The molecule has 2 aliphatic rings. The quantitative estimate of drug-likeness (QED) is 0.696. The van der Waals surface area contributed by atoms with Crippen molar-refractivity contribution in [1.82, 2.24) is 10.0 Å². The Balaban J connectivity index is 1.64. The summed E-state index contributed by atoms with van der Waals surface area (Å²) in [6, 6.07) is 14.5. The molecule has 0 spiro atoms. The van der Waals surface area contributed by atoms with E-state index in [1.165, 1.54) is 15.3 Å². The molecule has 3 aromatic rings. The molecule has 0 fully saturated rings. The van der Waals surface area contributed by atoms with Gasteiger partial charge >= 0.3 is 0 Å². The van der Waals surface area contributed by atoms with Gasteiger partial charge in [0.25, 0.3) is 5.91 Å². The van der Waals surface area contributed by atoms with Gasteiger partial charge in [-0.1, -0.05) is 24.3 Å². The number of rotatable bonds is 2. The molecule has 0 saturated carbocycles. The number of carbonyl (C=O) groups excluding carboxylic acids is 1. The predicted octanol–water partition coefficient (Wildman–Crippen LogP) is 4.29. The van der Waals surface area contributed by atoms with Gasteiger partial charge in [0.05, 0.1) is 6.54 Å². The van der Waals surface area contributed by atoms with Gasteiger partial charge in [0, 0.05) is 21.9 Å². The van der Waals surface area contributed by atoms with Crippen LogP contribution in [0, 0.1) is 0 Å². The Hall–Kier alpha value is -1.95. The van der Waals surface area contributed by atoms with Gasteiger partial charge in [-0.2, -0.15) is 0 Å². The lowest BCUT2D eigenvalue weighted by Gasteiger charge is -2.40. The number of hydrogen-bond donors (Lipinski definition) is 0. The van der Waals surface area contributed by atoms with E-state index >= 15 is 0 Å². The van der Waals surface area contributed by atoms with Crippen LogP contribution in [0.1, 0.15) is 37.3 Å². The SMILES string of the molecule is O=C1c2ccccc2C2c3sccc3CN(Cc3cccs3)N12. The molecule has 2 aromatic heterocycles. The van der Waals surface area contributed by atoms with Crippen molar-refractivity contribution in [3.63, 3.8) is 0 Å². The van der Waals surface area contributed by atoms with E-state index in [9.17, 15) is 4.79 Å². The van der Waals surface area contributed by atoms with E-state index in [0.717, 1.165) is 24.2 Å². The lowest BCUT2D eigenvalue weighted by Crippen LogP contribution is -2.47. The minimum atomic E-state index is 0.0439. The molecule has 3 nitrogen and oxygen atoms in total. The molecule has 0 N–H and O–H groups in total. The highest BCUT2D eigenvalue weighted by atomic mass is 32.1. The number of carbonyl (C=O) groups is 1. The summed E-state index contributed by atoms with van der Waals surface area (Å²) in [5, 5.41) is 8.41. The van der Waals surface area contributed by atoms with E-state index in [2.05, 4.69) is 40.0 Å². The van der Waals surface area contributed by atoms with Gasteiger partial charge in [0.1, 0.15) is 6.04 Å². The number of benzene rings is 1. The Morgan fingerprint density at radius 2 is 1.96 bits per heavy atom. The summed E-state index contributed by atoms with van der Waals surface area (Å²) < 4.78 is 0. The number of fused-ring (bicyclic) bond motifs is 5. The second kappa shape index (κ2) is 5.03. The maximum absolute atomic E-state index is 13.0. The Kier molecular flexibility index (Phi) is 2.95. The van der Waals surface area contributed by atoms with Gasteiger partial charge in [-0.3, -0.25) is 9.80 Å². The Morgan fingerprint density at radius 3 is 2.83 bits per heavy atom. The van der Waals surface area contributed by atoms with E-state index in [1.54, 1.807) is 22.7 Å². The summed E-state index contributed by atoms with van der Waals surface area (Å²) >= 11 is 3.50. The second-order valence-corrected chi connectivity index (χ2v) is 7.83. The first-order valence-electron chi connectivity index (χ1n) is 7.59. The Labute approximate surface area is 142 Å². The van der Waals surface area contributed by atoms with Crippen molar-refractivity contribution in [2.45, 2.75) is 19.1 Å². The van der Waals surface area contributed by atoms with Crippen molar-refractivity contribution in [3.8, 4) is 0 Å². The lowest BCUT2D eigenvalue weighted by atomic mass is 10.0. The van der Waals surface area contributed by atoms with Crippen molar-refractivity contribution in [2.75, 3.05) is 0 Å². The van der Waals surface area contributed by atoms with Crippen LogP contribution in [0.25, 0.3) is 0 Å². The van der Waals surface area contributed by atoms with Gasteiger partial charge in [-0.25, -0.2) is 5.01 Å². The van der Waals surface area contributed by atoms with E-state index < -0.39 is 0 Å². The van der Waals surface area contributed by atoms with Crippen LogP contribution in [0.4, 0.5) is 0 Å². The van der Waals surface area contributed by atoms with E-state index in [-0.39, 0.29) is 11.9 Å². The fraction of sp³-hybridized carbons (Fsp3) is 0.167. The molecule has 0 radical (unpaired) electrons. The van der Waals surface area contributed by atoms with Crippen LogP contribution in [0.2, 0.25) is 0 Å². The molecular formula is C18H14N2OS2. The van der Waals surface area contributed by atoms with Crippen LogP contribution in [-0.4, -0.2) is 15.9 Å². The van der Waals surface area contributed by atoms with E-state index in [0.29, 0.717) is 0 Å². The highest BCUT2D eigenvalue weighted by molar-refractivity contribution is 7.10. The summed E-state index contributed by atoms with van der Waals surface area (Å²) in [6.07, 6.45) is 0. The predicted molar refractivity (Wildman–Crippen MR) is 92.3 cm³/mol. The smallest absolute Gasteiger partial charge is 0.268 e. The summed E-state index contributed by atoms with van der Waals surface area (Å²) in [6.45, 7) is 1.58. The van der Waals surface area contributed by atoms with Crippen LogP contribution in [0.15, 0.2) is 53.2 Å². The highest BCUT2D eigenvalue weighted by Gasteiger charge is 2.45. The molecule has 23 heavy (non-hydrogen) atoms. The van der Waals surface area contributed by atoms with Crippen molar-refractivity contribution < 1.29 is 4.79 Å². The molecule has 2 aliphatic heterocycles. The van der Waals surface area contributed by atoms with Crippen molar-refractivity contribution in [3.05, 3.63) is 79.7 Å². The zero-order valence-corrected chi connectivity index (χ0v) is 13.9. The van der Waals surface area contributed by atoms with Crippen molar-refractivity contribution >= 4 is 28.6 Å². The standard InChI is InChI=1S/C18H14N2OS2/c21-18-15-6-2-1-5-14(15)16-17-12(7-9-23-17)10-19(20(16)18)11-13-4-3-8-22-13/h1-9,16H,10-11H2. The normalized spacial score (nSPS) is 19.6. The van der Waals surface area contributed by atoms with Gasteiger partial charge in [0.15, 0.2) is 0 Å². The summed E-state index contributed by atoms with van der Waals surface area (Å²) in [7, 11) is 0. The topological polar surface area (TPSA) is 23.6 Å². The monoisotopic (exact) mass is 338 g/mol. The molecule has 114 valence electrons. The average molecular weight is 338 g/mol.